The van der Waals surface area contributed by atoms with E-state index in [2.05, 4.69) is 13.8 Å². The second kappa shape index (κ2) is 1.76. The van der Waals surface area contributed by atoms with E-state index in [9.17, 15) is 0 Å². The molecule has 10 heavy (non-hydrogen) atoms. The van der Waals surface area contributed by atoms with Gasteiger partial charge in [-0.15, -0.1) is 0 Å². The molecular formula is C9H17N. The molecule has 1 nitrogen and oxygen atoms in total. The van der Waals surface area contributed by atoms with Crippen LogP contribution in [0.1, 0.15) is 33.1 Å². The van der Waals surface area contributed by atoms with Gasteiger partial charge in [0.1, 0.15) is 0 Å². The Bertz CT molecular complexity index is 149. The Kier molecular flexibility index (Phi) is 1.17. The highest BCUT2D eigenvalue weighted by Gasteiger charge is 2.53. The monoisotopic (exact) mass is 139 g/mol. The molecule has 0 saturated heterocycles. The van der Waals surface area contributed by atoms with E-state index >= 15 is 0 Å². The van der Waals surface area contributed by atoms with Crippen LogP contribution in [0.5, 0.6) is 0 Å². The molecular weight excluding hydrogens is 122 g/mol. The van der Waals surface area contributed by atoms with Gasteiger partial charge in [-0.25, -0.2) is 0 Å². The quantitative estimate of drug-likeness (QED) is 0.544. The zero-order valence-corrected chi connectivity index (χ0v) is 6.93. The second-order valence-corrected chi connectivity index (χ2v) is 4.60. The molecule has 2 bridgehead atoms. The summed E-state index contributed by atoms with van der Waals surface area (Å²) in [6, 6.07) is 0.514. The minimum Gasteiger partial charge on any atom is -0.327 e. The first-order valence-electron chi connectivity index (χ1n) is 4.38. The van der Waals surface area contributed by atoms with Crippen LogP contribution in [0.3, 0.4) is 0 Å². The lowest BCUT2D eigenvalue weighted by molar-refractivity contribution is -0.0777. The average Bonchev–Trinajstić information content (AvgIpc) is 1.87. The van der Waals surface area contributed by atoms with Gasteiger partial charge >= 0.3 is 0 Å². The molecule has 0 heterocycles. The van der Waals surface area contributed by atoms with E-state index in [1.54, 1.807) is 0 Å². The highest BCUT2D eigenvalue weighted by Crippen LogP contribution is 2.58. The molecule has 0 aromatic rings. The minimum atomic E-state index is 0.514. The first kappa shape index (κ1) is 6.66. The first-order chi connectivity index (χ1) is 4.62. The Morgan fingerprint density at radius 2 is 2.00 bits per heavy atom. The molecule has 3 fully saturated rings. The van der Waals surface area contributed by atoms with E-state index in [0.717, 1.165) is 11.8 Å². The number of hydrogen-bond donors (Lipinski definition) is 1. The van der Waals surface area contributed by atoms with Gasteiger partial charge < -0.3 is 5.73 Å². The van der Waals surface area contributed by atoms with E-state index in [4.69, 9.17) is 5.73 Å². The van der Waals surface area contributed by atoms with Crippen LogP contribution < -0.4 is 5.73 Å². The van der Waals surface area contributed by atoms with Crippen LogP contribution in [0.4, 0.5) is 0 Å². The van der Waals surface area contributed by atoms with Gasteiger partial charge in [-0.05, 0) is 36.5 Å². The maximum atomic E-state index is 5.99. The summed E-state index contributed by atoms with van der Waals surface area (Å²) in [4.78, 5) is 0. The summed E-state index contributed by atoms with van der Waals surface area (Å²) in [5, 5.41) is 0. The van der Waals surface area contributed by atoms with Gasteiger partial charge in [-0.1, -0.05) is 13.8 Å². The molecule has 3 unspecified atom stereocenters. The maximum Gasteiger partial charge on any atom is 0.00725 e. The van der Waals surface area contributed by atoms with Crippen LogP contribution in [0.15, 0.2) is 0 Å². The first-order valence-corrected chi connectivity index (χ1v) is 4.38. The molecule has 3 rings (SSSR count). The summed E-state index contributed by atoms with van der Waals surface area (Å²) in [6.07, 6.45) is 4.07. The topological polar surface area (TPSA) is 26.0 Å². The lowest BCUT2D eigenvalue weighted by Crippen LogP contribution is -2.57. The van der Waals surface area contributed by atoms with Crippen molar-refractivity contribution < 1.29 is 0 Å². The van der Waals surface area contributed by atoms with Crippen LogP contribution in [0, 0.1) is 17.3 Å². The van der Waals surface area contributed by atoms with Crippen LogP contribution in [0.2, 0.25) is 0 Å². The predicted molar refractivity (Wildman–Crippen MR) is 42.6 cm³/mol. The molecule has 0 amide bonds. The molecule has 2 N–H and O–H groups in total. The van der Waals surface area contributed by atoms with E-state index < -0.39 is 0 Å². The SMILES string of the molecule is CC1(C)C2CCC(N)C1C2. The van der Waals surface area contributed by atoms with E-state index in [-0.39, 0.29) is 0 Å². The Morgan fingerprint density at radius 1 is 1.30 bits per heavy atom. The van der Waals surface area contributed by atoms with E-state index in [1.807, 2.05) is 0 Å². The summed E-state index contributed by atoms with van der Waals surface area (Å²) in [5.74, 6) is 1.84. The molecule has 3 aliphatic carbocycles. The van der Waals surface area contributed by atoms with Gasteiger partial charge in [0.2, 0.25) is 0 Å². The highest BCUT2D eigenvalue weighted by atomic mass is 14.7. The third kappa shape index (κ3) is 0.619. The van der Waals surface area contributed by atoms with Gasteiger partial charge in [0.05, 0.1) is 0 Å². The lowest BCUT2D eigenvalue weighted by atomic mass is 9.47. The molecule has 0 aromatic carbocycles. The molecule has 0 radical (unpaired) electrons. The second-order valence-electron chi connectivity index (χ2n) is 4.60. The molecule has 3 aliphatic rings. The van der Waals surface area contributed by atoms with Crippen molar-refractivity contribution in [3.63, 3.8) is 0 Å². The third-order valence-corrected chi connectivity index (χ3v) is 3.91. The summed E-state index contributed by atoms with van der Waals surface area (Å²) in [5.41, 5.74) is 6.57. The average molecular weight is 139 g/mol. The van der Waals surface area contributed by atoms with Crippen molar-refractivity contribution in [2.45, 2.75) is 39.2 Å². The fourth-order valence-electron chi connectivity index (χ4n) is 2.87. The Labute approximate surface area is 63.0 Å². The molecule has 0 aliphatic heterocycles. The van der Waals surface area contributed by atoms with Crippen molar-refractivity contribution in [2.75, 3.05) is 0 Å². The van der Waals surface area contributed by atoms with Crippen molar-refractivity contribution in [1.82, 2.24) is 0 Å². The number of nitrogens with two attached hydrogens (primary N) is 1. The predicted octanol–water partition coefficient (Wildman–Crippen LogP) is 1.77. The Balaban J connectivity index is 2.16. The van der Waals surface area contributed by atoms with Crippen LogP contribution in [-0.2, 0) is 0 Å². The van der Waals surface area contributed by atoms with Crippen molar-refractivity contribution >= 4 is 0 Å². The highest BCUT2D eigenvalue weighted by molar-refractivity contribution is 5.04. The Hall–Kier alpha value is -0.0400. The molecule has 3 atom stereocenters. The van der Waals surface area contributed by atoms with Crippen molar-refractivity contribution in [3.05, 3.63) is 0 Å². The normalized spacial score (nSPS) is 50.1. The number of rotatable bonds is 0. The molecule has 1 heteroatoms. The molecule has 58 valence electrons. The fraction of sp³-hybridized carbons (Fsp3) is 1.00. The van der Waals surface area contributed by atoms with Gasteiger partial charge in [0.25, 0.3) is 0 Å². The molecule has 0 aromatic heterocycles. The number of hydrogen-bond acceptors (Lipinski definition) is 1. The minimum absolute atomic E-state index is 0.514. The van der Waals surface area contributed by atoms with Crippen molar-refractivity contribution in [2.24, 2.45) is 23.0 Å². The lowest BCUT2D eigenvalue weighted by Gasteiger charge is -2.59. The van der Waals surface area contributed by atoms with E-state index in [1.165, 1.54) is 19.3 Å². The van der Waals surface area contributed by atoms with Crippen molar-refractivity contribution in [1.29, 1.82) is 0 Å². The summed E-state index contributed by atoms with van der Waals surface area (Å²) in [7, 11) is 0. The Morgan fingerprint density at radius 3 is 2.30 bits per heavy atom. The summed E-state index contributed by atoms with van der Waals surface area (Å²) < 4.78 is 0. The molecule has 3 saturated carbocycles. The summed E-state index contributed by atoms with van der Waals surface area (Å²) in [6.45, 7) is 4.76. The van der Waals surface area contributed by atoms with Crippen LogP contribution in [-0.4, -0.2) is 6.04 Å². The van der Waals surface area contributed by atoms with Gasteiger partial charge in [-0.3, -0.25) is 0 Å². The van der Waals surface area contributed by atoms with E-state index in [0.29, 0.717) is 11.5 Å². The smallest absolute Gasteiger partial charge is 0.00725 e. The van der Waals surface area contributed by atoms with Gasteiger partial charge in [0.15, 0.2) is 0 Å². The standard InChI is InChI=1S/C9H17N/c1-9(2)6-3-4-8(10)7(9)5-6/h6-8H,3-5,10H2,1-2H3. The van der Waals surface area contributed by atoms with Crippen molar-refractivity contribution in [3.8, 4) is 0 Å². The zero-order valence-electron chi connectivity index (χ0n) is 6.93. The summed E-state index contributed by atoms with van der Waals surface area (Å²) >= 11 is 0. The van der Waals surface area contributed by atoms with Crippen LogP contribution in [0.25, 0.3) is 0 Å². The number of fused-ring (bicyclic) bond motifs is 2. The van der Waals surface area contributed by atoms with Gasteiger partial charge in [-0.2, -0.15) is 0 Å². The van der Waals surface area contributed by atoms with Crippen LogP contribution >= 0.6 is 0 Å². The third-order valence-electron chi connectivity index (χ3n) is 3.91. The zero-order chi connectivity index (χ0) is 7.35. The maximum absolute atomic E-state index is 5.99. The van der Waals surface area contributed by atoms with Gasteiger partial charge in [0, 0.05) is 6.04 Å². The largest absolute Gasteiger partial charge is 0.327 e. The fourth-order valence-corrected chi connectivity index (χ4v) is 2.87. The molecule has 0 spiro atoms.